The molecule has 0 unspecified atom stereocenters. The first kappa shape index (κ1) is 7.89. The fourth-order valence-electron chi connectivity index (χ4n) is 0.615. The van der Waals surface area contributed by atoms with Crippen LogP contribution >= 0.6 is 27.5 Å². The van der Waals surface area contributed by atoms with Crippen LogP contribution in [-0.2, 0) is 0 Å². The summed E-state index contributed by atoms with van der Waals surface area (Å²) in [6.07, 6.45) is 0. The molecule has 2 N–H and O–H groups in total. The topological polar surface area (TPSA) is 26.0 Å². The van der Waals surface area contributed by atoms with E-state index >= 15 is 0 Å². The maximum Gasteiger partial charge on any atom is 0.0679 e. The molecule has 0 bridgehead atoms. The van der Waals surface area contributed by atoms with Gasteiger partial charge in [0.1, 0.15) is 0 Å². The van der Waals surface area contributed by atoms with Gasteiger partial charge in [-0.05, 0) is 34.5 Å². The molecule has 1 aromatic carbocycles. The van der Waals surface area contributed by atoms with Crippen LogP contribution in [0.15, 0.2) is 16.6 Å². The van der Waals surface area contributed by atoms with Crippen LogP contribution in [0.5, 0.6) is 0 Å². The Bertz CT molecular complexity index is 233. The second kappa shape index (κ2) is 2.81. The monoisotopic (exact) mass is 218 g/mol. The van der Waals surface area contributed by atoms with Crippen LogP contribution in [-0.4, -0.2) is 0 Å². The Kier molecular flexibility index (Phi) is 2.21. The van der Waals surface area contributed by atoms with E-state index in [1.807, 2.05) is 12.1 Å². The van der Waals surface area contributed by atoms with Crippen molar-refractivity contribution in [1.29, 1.82) is 0 Å². The highest BCUT2D eigenvalue weighted by Crippen LogP contribution is 2.29. The summed E-state index contributed by atoms with van der Waals surface area (Å²) < 4.78 is 0.810. The molecule has 0 spiro atoms. The Morgan fingerprint density at radius 3 is 2.60 bits per heavy atom. The van der Waals surface area contributed by atoms with E-state index in [-0.39, 0.29) is 0 Å². The lowest BCUT2D eigenvalue weighted by Gasteiger charge is -2.02. The third-order valence-corrected chi connectivity index (χ3v) is 2.34. The average Bonchev–Trinajstić information content (AvgIpc) is 1.93. The molecule has 0 heterocycles. The van der Waals surface area contributed by atoms with E-state index in [0.29, 0.717) is 10.7 Å². The first-order chi connectivity index (χ1) is 4.63. The summed E-state index contributed by atoms with van der Waals surface area (Å²) >= 11 is 9.01. The number of benzene rings is 1. The maximum atomic E-state index is 5.77. The second-order valence-electron chi connectivity index (χ2n) is 1.93. The minimum Gasteiger partial charge on any atom is -0.397 e. The van der Waals surface area contributed by atoms with Crippen LogP contribution in [0.3, 0.4) is 0 Å². The summed E-state index contributed by atoms with van der Waals surface area (Å²) in [7, 11) is 0. The highest BCUT2D eigenvalue weighted by Gasteiger charge is 2.02. The van der Waals surface area contributed by atoms with Crippen LogP contribution in [0.4, 0.5) is 5.69 Å². The van der Waals surface area contributed by atoms with Crippen molar-refractivity contribution < 1.29 is 0 Å². The molecule has 0 aliphatic heterocycles. The summed E-state index contributed by atoms with van der Waals surface area (Å²) in [6.45, 7) is 3.69. The molecule has 0 saturated heterocycles. The van der Waals surface area contributed by atoms with Crippen molar-refractivity contribution >= 4 is 33.2 Å². The lowest BCUT2D eigenvalue weighted by atomic mass is 10.2. The zero-order valence-electron chi connectivity index (χ0n) is 5.20. The zero-order valence-corrected chi connectivity index (χ0v) is 7.54. The van der Waals surface area contributed by atoms with Crippen LogP contribution < -0.4 is 5.73 Å². The van der Waals surface area contributed by atoms with Gasteiger partial charge in [-0.2, -0.15) is 0 Å². The van der Waals surface area contributed by atoms with E-state index < -0.39 is 0 Å². The van der Waals surface area contributed by atoms with Crippen LogP contribution in [0.2, 0.25) is 5.02 Å². The Morgan fingerprint density at radius 1 is 1.50 bits per heavy atom. The molecule has 0 aliphatic rings. The molecular weight excluding hydrogens is 213 g/mol. The van der Waals surface area contributed by atoms with Crippen molar-refractivity contribution in [2.75, 3.05) is 5.73 Å². The van der Waals surface area contributed by atoms with Gasteiger partial charge < -0.3 is 5.73 Å². The van der Waals surface area contributed by atoms with E-state index in [1.54, 1.807) is 0 Å². The third kappa shape index (κ3) is 1.27. The fourth-order valence-corrected chi connectivity index (χ4v) is 1.22. The summed E-state index contributed by atoms with van der Waals surface area (Å²) in [4.78, 5) is 0. The molecule has 53 valence electrons. The second-order valence-corrected chi connectivity index (χ2v) is 3.17. The molecule has 1 aromatic rings. The van der Waals surface area contributed by atoms with Crippen LogP contribution in [0.1, 0.15) is 5.56 Å². The number of hydrogen-bond donors (Lipinski definition) is 1. The molecule has 0 atom stereocenters. The maximum absolute atomic E-state index is 5.77. The summed E-state index contributed by atoms with van der Waals surface area (Å²) in [5.74, 6) is 0. The predicted octanol–water partition coefficient (Wildman–Crippen LogP) is 2.87. The predicted molar refractivity (Wildman–Crippen MR) is 48.0 cm³/mol. The van der Waals surface area contributed by atoms with Crippen molar-refractivity contribution in [3.8, 4) is 0 Å². The lowest BCUT2D eigenvalue weighted by Crippen LogP contribution is -1.89. The molecular formula is C7H6BrClN. The van der Waals surface area contributed by atoms with Crippen molar-refractivity contribution in [3.05, 3.63) is 34.1 Å². The SMILES string of the molecule is [CH2]c1ccc(Br)c(N)c1Cl. The molecule has 1 radical (unpaired) electrons. The highest BCUT2D eigenvalue weighted by atomic mass is 79.9. The quantitative estimate of drug-likeness (QED) is 0.667. The molecule has 10 heavy (non-hydrogen) atoms. The molecule has 0 aromatic heterocycles. The number of halogens is 2. The van der Waals surface area contributed by atoms with Gasteiger partial charge in [-0.15, -0.1) is 0 Å². The fraction of sp³-hybridized carbons (Fsp3) is 0. The van der Waals surface area contributed by atoms with E-state index in [1.165, 1.54) is 0 Å². The average molecular weight is 219 g/mol. The van der Waals surface area contributed by atoms with Crippen molar-refractivity contribution in [1.82, 2.24) is 0 Å². The van der Waals surface area contributed by atoms with Gasteiger partial charge in [0, 0.05) is 4.47 Å². The summed E-state index contributed by atoms with van der Waals surface area (Å²) in [5, 5.41) is 0.523. The zero-order chi connectivity index (χ0) is 7.72. The number of nitrogen functional groups attached to an aromatic ring is 1. The van der Waals surface area contributed by atoms with Crippen molar-refractivity contribution in [2.45, 2.75) is 0 Å². The third-order valence-electron chi connectivity index (χ3n) is 1.21. The van der Waals surface area contributed by atoms with E-state index in [0.717, 1.165) is 10.0 Å². The minimum atomic E-state index is 0.523. The van der Waals surface area contributed by atoms with E-state index in [9.17, 15) is 0 Å². The Labute approximate surface area is 73.3 Å². The van der Waals surface area contributed by atoms with Gasteiger partial charge in [-0.1, -0.05) is 17.7 Å². The number of anilines is 1. The summed E-state index contributed by atoms with van der Waals surface area (Å²) in [6, 6.07) is 3.63. The number of nitrogens with two attached hydrogens (primary N) is 1. The minimum absolute atomic E-state index is 0.523. The van der Waals surface area contributed by atoms with Gasteiger partial charge in [0.05, 0.1) is 10.7 Å². The number of rotatable bonds is 0. The number of hydrogen-bond acceptors (Lipinski definition) is 1. The largest absolute Gasteiger partial charge is 0.397 e. The first-order valence-corrected chi connectivity index (χ1v) is 3.85. The molecule has 3 heteroatoms. The van der Waals surface area contributed by atoms with E-state index in [4.69, 9.17) is 17.3 Å². The normalized spacial score (nSPS) is 9.90. The molecule has 1 rings (SSSR count). The van der Waals surface area contributed by atoms with E-state index in [2.05, 4.69) is 22.9 Å². The molecule has 0 saturated carbocycles. The van der Waals surface area contributed by atoms with Crippen molar-refractivity contribution in [2.24, 2.45) is 0 Å². The van der Waals surface area contributed by atoms with Gasteiger partial charge in [0.15, 0.2) is 0 Å². The molecule has 0 fully saturated rings. The van der Waals surface area contributed by atoms with Gasteiger partial charge >= 0.3 is 0 Å². The lowest BCUT2D eigenvalue weighted by molar-refractivity contribution is 1.57. The highest BCUT2D eigenvalue weighted by molar-refractivity contribution is 9.10. The molecule has 0 aliphatic carbocycles. The molecule has 1 nitrogen and oxygen atoms in total. The van der Waals surface area contributed by atoms with Crippen LogP contribution in [0, 0.1) is 6.92 Å². The standard InChI is InChI=1S/C7H6BrClN/c1-4-2-3-5(8)7(10)6(4)9/h2-3H,1,10H2. The van der Waals surface area contributed by atoms with Crippen LogP contribution in [0.25, 0.3) is 0 Å². The summed E-state index contributed by atoms with van der Waals surface area (Å²) in [5.41, 5.74) is 6.87. The smallest absolute Gasteiger partial charge is 0.0679 e. The Hall–Kier alpha value is -0.210. The van der Waals surface area contributed by atoms with Gasteiger partial charge in [0.25, 0.3) is 0 Å². The van der Waals surface area contributed by atoms with Gasteiger partial charge in [-0.25, -0.2) is 0 Å². The molecule has 0 amide bonds. The first-order valence-electron chi connectivity index (χ1n) is 2.68. The Morgan fingerprint density at radius 2 is 2.10 bits per heavy atom. The van der Waals surface area contributed by atoms with Gasteiger partial charge in [-0.3, -0.25) is 0 Å². The van der Waals surface area contributed by atoms with Crippen molar-refractivity contribution in [3.63, 3.8) is 0 Å². The van der Waals surface area contributed by atoms with Gasteiger partial charge in [0.2, 0.25) is 0 Å². The Balaban J connectivity index is 3.34.